The Bertz CT molecular complexity index is 1050. The molecule has 2 aromatic rings. The first-order valence-electron chi connectivity index (χ1n) is 9.93. The number of hydrogen-bond donors (Lipinski definition) is 2. The number of aryl methyl sites for hydroxylation is 2. The van der Waals surface area contributed by atoms with Crippen LogP contribution in [0.1, 0.15) is 30.9 Å². The number of hydrogen-bond acceptors (Lipinski definition) is 4. The van der Waals surface area contributed by atoms with Crippen LogP contribution in [-0.2, 0) is 19.6 Å². The number of carbonyl (C=O) groups is 2. The fraction of sp³-hybridized carbons (Fsp3) is 0.364. The lowest BCUT2D eigenvalue weighted by atomic mass is 9.98. The van der Waals surface area contributed by atoms with E-state index in [4.69, 9.17) is 0 Å². The summed E-state index contributed by atoms with van der Waals surface area (Å²) in [5.74, 6) is -0.795. The summed E-state index contributed by atoms with van der Waals surface area (Å²) in [4.78, 5) is 24.2. The van der Waals surface area contributed by atoms with Crippen molar-refractivity contribution in [2.75, 3.05) is 23.7 Å². The van der Waals surface area contributed by atoms with Crippen LogP contribution in [0.3, 0.4) is 0 Å². The molecule has 2 N–H and O–H groups in total. The van der Waals surface area contributed by atoms with Gasteiger partial charge in [-0.25, -0.2) is 8.42 Å². The number of carbonyl (C=O) groups excluding carboxylic acids is 2. The molecule has 1 saturated heterocycles. The van der Waals surface area contributed by atoms with Crippen molar-refractivity contribution in [3.63, 3.8) is 0 Å². The molecule has 2 aromatic carbocycles. The van der Waals surface area contributed by atoms with Crippen LogP contribution in [0, 0.1) is 19.8 Å². The molecule has 0 radical (unpaired) electrons. The van der Waals surface area contributed by atoms with Crippen LogP contribution in [0.5, 0.6) is 0 Å². The summed E-state index contributed by atoms with van der Waals surface area (Å²) in [6.45, 7) is 5.64. The number of piperidine rings is 1. The third kappa shape index (κ3) is 5.06. The van der Waals surface area contributed by atoms with Gasteiger partial charge in [-0.2, -0.15) is 4.31 Å². The van der Waals surface area contributed by atoms with Crippen molar-refractivity contribution < 1.29 is 18.0 Å². The molecule has 3 rings (SSSR count). The molecular formula is C22H27N3O4S. The van der Waals surface area contributed by atoms with Crippen molar-refractivity contribution in [2.24, 2.45) is 5.92 Å². The SMILES string of the molecule is CC(=O)Nc1ccc(NC(=O)[C@H]2CCCN(S(=O)(=O)c3cc(C)ccc3C)C2)cc1. The van der Waals surface area contributed by atoms with Gasteiger partial charge >= 0.3 is 0 Å². The Morgan fingerprint density at radius 3 is 2.27 bits per heavy atom. The summed E-state index contributed by atoms with van der Waals surface area (Å²) in [5.41, 5.74) is 2.83. The molecule has 2 amide bonds. The van der Waals surface area contributed by atoms with E-state index in [1.54, 1.807) is 43.3 Å². The van der Waals surface area contributed by atoms with Gasteiger partial charge in [0.25, 0.3) is 0 Å². The Hall–Kier alpha value is -2.71. The summed E-state index contributed by atoms with van der Waals surface area (Å²) in [7, 11) is -3.66. The van der Waals surface area contributed by atoms with Crippen LogP contribution in [0.25, 0.3) is 0 Å². The number of nitrogens with one attached hydrogen (secondary N) is 2. The molecule has 0 bridgehead atoms. The Morgan fingerprint density at radius 1 is 1.00 bits per heavy atom. The second kappa shape index (κ2) is 8.97. The van der Waals surface area contributed by atoms with Gasteiger partial charge in [0.2, 0.25) is 21.8 Å². The van der Waals surface area contributed by atoms with Crippen molar-refractivity contribution in [3.05, 3.63) is 53.6 Å². The van der Waals surface area contributed by atoms with Crippen molar-refractivity contribution in [2.45, 2.75) is 38.5 Å². The molecule has 7 nitrogen and oxygen atoms in total. The average Bonchev–Trinajstić information content (AvgIpc) is 2.71. The minimum Gasteiger partial charge on any atom is -0.326 e. The molecule has 0 aliphatic carbocycles. The first-order valence-corrected chi connectivity index (χ1v) is 11.4. The van der Waals surface area contributed by atoms with Crippen molar-refractivity contribution >= 4 is 33.2 Å². The lowest BCUT2D eigenvalue weighted by Crippen LogP contribution is -2.43. The molecule has 160 valence electrons. The minimum atomic E-state index is -3.66. The summed E-state index contributed by atoms with van der Waals surface area (Å²) < 4.78 is 27.8. The fourth-order valence-corrected chi connectivity index (χ4v) is 5.42. The van der Waals surface area contributed by atoms with Crippen LogP contribution in [-0.4, -0.2) is 37.6 Å². The zero-order valence-electron chi connectivity index (χ0n) is 17.4. The lowest BCUT2D eigenvalue weighted by Gasteiger charge is -2.31. The van der Waals surface area contributed by atoms with Gasteiger partial charge in [0, 0.05) is 31.4 Å². The van der Waals surface area contributed by atoms with E-state index in [9.17, 15) is 18.0 Å². The van der Waals surface area contributed by atoms with E-state index < -0.39 is 15.9 Å². The van der Waals surface area contributed by atoms with Gasteiger partial charge in [0.1, 0.15) is 0 Å². The third-order valence-corrected chi connectivity index (χ3v) is 7.20. The number of anilines is 2. The van der Waals surface area contributed by atoms with E-state index >= 15 is 0 Å². The zero-order valence-corrected chi connectivity index (χ0v) is 18.3. The van der Waals surface area contributed by atoms with E-state index in [1.165, 1.54) is 11.2 Å². The fourth-order valence-electron chi connectivity index (χ4n) is 3.58. The normalized spacial score (nSPS) is 17.4. The molecule has 1 atom stereocenters. The molecule has 8 heteroatoms. The molecule has 1 fully saturated rings. The Labute approximate surface area is 177 Å². The largest absolute Gasteiger partial charge is 0.326 e. The molecule has 0 aromatic heterocycles. The van der Waals surface area contributed by atoms with E-state index in [2.05, 4.69) is 10.6 Å². The van der Waals surface area contributed by atoms with Gasteiger partial charge in [-0.15, -0.1) is 0 Å². The van der Waals surface area contributed by atoms with Gasteiger partial charge < -0.3 is 10.6 Å². The van der Waals surface area contributed by atoms with Crippen LogP contribution in [0.4, 0.5) is 11.4 Å². The third-order valence-electron chi connectivity index (χ3n) is 5.19. The van der Waals surface area contributed by atoms with Crippen LogP contribution >= 0.6 is 0 Å². The maximum absolute atomic E-state index is 13.2. The molecule has 1 aliphatic rings. The van der Waals surface area contributed by atoms with Crippen molar-refractivity contribution in [1.82, 2.24) is 4.31 Å². The van der Waals surface area contributed by atoms with E-state index in [-0.39, 0.29) is 18.4 Å². The first kappa shape index (κ1) is 22.0. The predicted molar refractivity (Wildman–Crippen MR) is 117 cm³/mol. The summed E-state index contributed by atoms with van der Waals surface area (Å²) in [6.07, 6.45) is 1.26. The van der Waals surface area contributed by atoms with E-state index in [0.717, 1.165) is 5.56 Å². The average molecular weight is 430 g/mol. The van der Waals surface area contributed by atoms with Gasteiger partial charge in [-0.1, -0.05) is 12.1 Å². The zero-order chi connectivity index (χ0) is 21.9. The monoisotopic (exact) mass is 429 g/mol. The minimum absolute atomic E-state index is 0.158. The van der Waals surface area contributed by atoms with Crippen LogP contribution in [0.15, 0.2) is 47.4 Å². The van der Waals surface area contributed by atoms with E-state index in [0.29, 0.717) is 41.2 Å². The molecular weight excluding hydrogens is 402 g/mol. The Morgan fingerprint density at radius 2 is 1.63 bits per heavy atom. The van der Waals surface area contributed by atoms with Gasteiger partial charge in [-0.3, -0.25) is 9.59 Å². The highest BCUT2D eigenvalue weighted by molar-refractivity contribution is 7.89. The van der Waals surface area contributed by atoms with Crippen molar-refractivity contribution in [3.8, 4) is 0 Å². The number of benzene rings is 2. The summed E-state index contributed by atoms with van der Waals surface area (Å²) in [6, 6.07) is 12.2. The molecule has 0 spiro atoms. The van der Waals surface area contributed by atoms with E-state index in [1.807, 2.05) is 13.0 Å². The first-order chi connectivity index (χ1) is 14.2. The Kier molecular flexibility index (Phi) is 6.58. The molecule has 0 unspecified atom stereocenters. The number of rotatable bonds is 5. The summed E-state index contributed by atoms with van der Waals surface area (Å²) >= 11 is 0. The molecule has 1 aliphatic heterocycles. The highest BCUT2D eigenvalue weighted by atomic mass is 32.2. The number of sulfonamides is 1. The number of amides is 2. The highest BCUT2D eigenvalue weighted by Crippen LogP contribution is 2.27. The number of nitrogens with zero attached hydrogens (tertiary/aromatic N) is 1. The van der Waals surface area contributed by atoms with Gasteiger partial charge in [-0.05, 0) is 68.1 Å². The van der Waals surface area contributed by atoms with Crippen LogP contribution in [0.2, 0.25) is 0 Å². The van der Waals surface area contributed by atoms with Gasteiger partial charge in [0.15, 0.2) is 0 Å². The molecule has 1 heterocycles. The topological polar surface area (TPSA) is 95.6 Å². The maximum Gasteiger partial charge on any atom is 0.243 e. The van der Waals surface area contributed by atoms with Crippen molar-refractivity contribution in [1.29, 1.82) is 0 Å². The smallest absolute Gasteiger partial charge is 0.243 e. The lowest BCUT2D eigenvalue weighted by molar-refractivity contribution is -0.121. The van der Waals surface area contributed by atoms with Gasteiger partial charge in [0.05, 0.1) is 10.8 Å². The molecule has 0 saturated carbocycles. The summed E-state index contributed by atoms with van der Waals surface area (Å²) in [5, 5.41) is 5.52. The quantitative estimate of drug-likeness (QED) is 0.762. The Balaban J connectivity index is 1.70. The standard InChI is InChI=1S/C22H27N3O4S/c1-15-6-7-16(2)21(13-15)30(28,29)25-12-4-5-18(14-25)22(27)24-20-10-8-19(9-11-20)23-17(3)26/h6-11,13,18H,4-5,12,14H2,1-3H3,(H,23,26)(H,24,27)/t18-/m0/s1. The second-order valence-corrected chi connectivity index (χ2v) is 9.63. The molecule has 30 heavy (non-hydrogen) atoms. The maximum atomic E-state index is 13.2. The predicted octanol–water partition coefficient (Wildman–Crippen LogP) is 3.30. The van der Waals surface area contributed by atoms with Crippen LogP contribution < -0.4 is 10.6 Å². The highest BCUT2D eigenvalue weighted by Gasteiger charge is 2.34. The second-order valence-electron chi connectivity index (χ2n) is 7.72.